The summed E-state index contributed by atoms with van der Waals surface area (Å²) in [7, 11) is 0. The van der Waals surface area contributed by atoms with E-state index in [9.17, 15) is 0 Å². The van der Waals surface area contributed by atoms with Gasteiger partial charge >= 0.3 is 0 Å². The highest BCUT2D eigenvalue weighted by atomic mass is 14.9. The molecule has 0 bridgehead atoms. The first-order chi connectivity index (χ1) is 8.55. The van der Waals surface area contributed by atoms with E-state index < -0.39 is 0 Å². The van der Waals surface area contributed by atoms with Crippen LogP contribution < -0.4 is 5.32 Å². The molecule has 0 amide bonds. The van der Waals surface area contributed by atoms with Gasteiger partial charge in [-0.05, 0) is 42.6 Å². The molecule has 2 rings (SSSR count). The smallest absolute Gasteiger partial charge is 0.0208 e. The molecule has 1 N–H and O–H groups in total. The zero-order valence-electron chi connectivity index (χ0n) is 12.1. The largest absolute Gasteiger partial charge is 0.310 e. The number of hydrogen-bond acceptors (Lipinski definition) is 1. The number of rotatable bonds is 3. The molecule has 1 aromatic carbocycles. The monoisotopic (exact) mass is 245 g/mol. The first kappa shape index (κ1) is 13.6. The van der Waals surface area contributed by atoms with Gasteiger partial charge in [-0.1, -0.05) is 51.1 Å². The summed E-state index contributed by atoms with van der Waals surface area (Å²) in [6.07, 6.45) is 5.45. The maximum absolute atomic E-state index is 3.71. The molecular weight excluding hydrogens is 218 g/mol. The lowest BCUT2D eigenvalue weighted by Gasteiger charge is -2.37. The van der Waals surface area contributed by atoms with Gasteiger partial charge in [0.15, 0.2) is 0 Å². The molecule has 0 aliphatic heterocycles. The molecule has 100 valence electrons. The molecule has 0 radical (unpaired) electrons. The quantitative estimate of drug-likeness (QED) is 0.833. The van der Waals surface area contributed by atoms with Crippen LogP contribution in [0.4, 0.5) is 0 Å². The van der Waals surface area contributed by atoms with Crippen LogP contribution in [0.15, 0.2) is 30.3 Å². The summed E-state index contributed by atoms with van der Waals surface area (Å²) in [6, 6.07) is 11.4. The van der Waals surface area contributed by atoms with Gasteiger partial charge < -0.3 is 5.32 Å². The second-order valence-electron chi connectivity index (χ2n) is 6.78. The highest BCUT2D eigenvalue weighted by Crippen LogP contribution is 2.37. The second-order valence-corrected chi connectivity index (χ2v) is 6.78. The van der Waals surface area contributed by atoms with E-state index in [0.717, 1.165) is 18.5 Å². The highest BCUT2D eigenvalue weighted by molar-refractivity contribution is 5.14. The van der Waals surface area contributed by atoms with E-state index >= 15 is 0 Å². The van der Waals surface area contributed by atoms with Gasteiger partial charge in [-0.3, -0.25) is 0 Å². The third kappa shape index (κ3) is 3.84. The molecule has 1 heteroatoms. The van der Waals surface area contributed by atoms with Crippen molar-refractivity contribution in [2.45, 2.75) is 59.0 Å². The Hall–Kier alpha value is -0.820. The topological polar surface area (TPSA) is 12.0 Å². The molecule has 0 unspecified atom stereocenters. The van der Waals surface area contributed by atoms with Crippen LogP contribution in [0.2, 0.25) is 0 Å². The maximum Gasteiger partial charge on any atom is 0.0208 e. The van der Waals surface area contributed by atoms with E-state index in [2.05, 4.69) is 56.4 Å². The van der Waals surface area contributed by atoms with Gasteiger partial charge in [-0.25, -0.2) is 0 Å². The van der Waals surface area contributed by atoms with Gasteiger partial charge in [0.1, 0.15) is 0 Å². The average molecular weight is 245 g/mol. The molecule has 1 aliphatic carbocycles. The van der Waals surface area contributed by atoms with Gasteiger partial charge in [0.25, 0.3) is 0 Å². The van der Waals surface area contributed by atoms with Crippen LogP contribution in [0, 0.1) is 11.3 Å². The molecule has 0 heterocycles. The fraction of sp³-hybridized carbons (Fsp3) is 0.647. The number of hydrogen-bond donors (Lipinski definition) is 1. The van der Waals surface area contributed by atoms with Crippen LogP contribution in [-0.4, -0.2) is 6.04 Å². The lowest BCUT2D eigenvalue weighted by molar-refractivity contribution is 0.160. The Bertz CT molecular complexity index is 342. The van der Waals surface area contributed by atoms with Crippen molar-refractivity contribution in [1.82, 2.24) is 5.32 Å². The minimum absolute atomic E-state index is 0.490. The molecule has 0 aromatic heterocycles. The van der Waals surface area contributed by atoms with Crippen molar-refractivity contribution >= 4 is 0 Å². The first-order valence-electron chi connectivity index (χ1n) is 7.33. The Kier molecular flexibility index (Phi) is 4.45. The molecule has 0 spiro atoms. The normalized spacial score (nSPS) is 25.1. The van der Waals surface area contributed by atoms with Crippen molar-refractivity contribution in [3.63, 3.8) is 0 Å². The fourth-order valence-electron chi connectivity index (χ4n) is 3.02. The number of nitrogens with one attached hydrogen (secondary N) is 1. The fourth-order valence-corrected chi connectivity index (χ4v) is 3.02. The first-order valence-corrected chi connectivity index (χ1v) is 7.33. The molecule has 0 atom stereocenters. The molecule has 1 aliphatic rings. The Labute approximate surface area is 112 Å². The van der Waals surface area contributed by atoms with Crippen LogP contribution in [-0.2, 0) is 6.54 Å². The highest BCUT2D eigenvalue weighted by Gasteiger charge is 2.29. The maximum atomic E-state index is 3.71. The molecule has 1 aromatic rings. The van der Waals surface area contributed by atoms with Gasteiger partial charge in [0.05, 0.1) is 0 Å². The number of benzene rings is 1. The van der Waals surface area contributed by atoms with Crippen molar-refractivity contribution in [3.8, 4) is 0 Å². The van der Waals surface area contributed by atoms with Gasteiger partial charge in [0, 0.05) is 12.6 Å². The molecular formula is C17H27N. The van der Waals surface area contributed by atoms with Crippen LogP contribution in [0.1, 0.15) is 52.0 Å². The minimum Gasteiger partial charge on any atom is -0.310 e. The summed E-state index contributed by atoms with van der Waals surface area (Å²) in [4.78, 5) is 0. The van der Waals surface area contributed by atoms with E-state index in [4.69, 9.17) is 0 Å². The third-order valence-corrected chi connectivity index (χ3v) is 4.39. The molecule has 1 fully saturated rings. The zero-order valence-corrected chi connectivity index (χ0v) is 12.1. The summed E-state index contributed by atoms with van der Waals surface area (Å²) < 4.78 is 0. The van der Waals surface area contributed by atoms with E-state index in [1.54, 1.807) is 0 Å². The van der Waals surface area contributed by atoms with E-state index in [-0.39, 0.29) is 0 Å². The van der Waals surface area contributed by atoms with Gasteiger partial charge in [0.2, 0.25) is 0 Å². The standard InChI is InChI=1S/C17H27N/c1-17(2,3)15-9-11-16(12-10-15)18-13-14-7-5-4-6-8-14/h4-8,15-16,18H,9-13H2,1-3H3. The van der Waals surface area contributed by atoms with Crippen molar-refractivity contribution in [1.29, 1.82) is 0 Å². The molecule has 0 saturated heterocycles. The Morgan fingerprint density at radius 1 is 1.00 bits per heavy atom. The third-order valence-electron chi connectivity index (χ3n) is 4.39. The average Bonchev–Trinajstić information content (AvgIpc) is 2.37. The van der Waals surface area contributed by atoms with Gasteiger partial charge in [-0.2, -0.15) is 0 Å². The van der Waals surface area contributed by atoms with E-state index in [1.807, 2.05) is 0 Å². The molecule has 1 nitrogen and oxygen atoms in total. The second kappa shape index (κ2) is 5.88. The summed E-state index contributed by atoms with van der Waals surface area (Å²) in [6.45, 7) is 8.17. The summed E-state index contributed by atoms with van der Waals surface area (Å²) in [5.41, 5.74) is 1.89. The molecule has 1 saturated carbocycles. The zero-order chi connectivity index (χ0) is 13.0. The van der Waals surface area contributed by atoms with Crippen LogP contribution >= 0.6 is 0 Å². The lowest BCUT2D eigenvalue weighted by atomic mass is 9.71. The Morgan fingerprint density at radius 2 is 1.61 bits per heavy atom. The van der Waals surface area contributed by atoms with Crippen LogP contribution in [0.25, 0.3) is 0 Å². The Balaban J connectivity index is 1.74. The van der Waals surface area contributed by atoms with Crippen molar-refractivity contribution < 1.29 is 0 Å². The summed E-state index contributed by atoms with van der Waals surface area (Å²) in [5.74, 6) is 0.910. The Morgan fingerprint density at radius 3 is 2.17 bits per heavy atom. The van der Waals surface area contributed by atoms with E-state index in [1.165, 1.54) is 31.2 Å². The van der Waals surface area contributed by atoms with E-state index in [0.29, 0.717) is 5.41 Å². The minimum atomic E-state index is 0.490. The van der Waals surface area contributed by atoms with Crippen molar-refractivity contribution in [3.05, 3.63) is 35.9 Å². The summed E-state index contributed by atoms with van der Waals surface area (Å²) >= 11 is 0. The predicted octanol–water partition coefficient (Wildman–Crippen LogP) is 4.38. The predicted molar refractivity (Wildman–Crippen MR) is 78.5 cm³/mol. The van der Waals surface area contributed by atoms with Crippen LogP contribution in [0.5, 0.6) is 0 Å². The van der Waals surface area contributed by atoms with Crippen molar-refractivity contribution in [2.24, 2.45) is 11.3 Å². The van der Waals surface area contributed by atoms with Crippen molar-refractivity contribution in [2.75, 3.05) is 0 Å². The lowest BCUT2D eigenvalue weighted by Crippen LogP contribution is -2.35. The summed E-state index contributed by atoms with van der Waals surface area (Å²) in [5, 5.41) is 3.71. The van der Waals surface area contributed by atoms with Crippen LogP contribution in [0.3, 0.4) is 0 Å². The SMILES string of the molecule is CC(C)(C)C1CCC(NCc2ccccc2)CC1. The van der Waals surface area contributed by atoms with Gasteiger partial charge in [-0.15, -0.1) is 0 Å². The molecule has 18 heavy (non-hydrogen) atoms.